The predicted octanol–water partition coefficient (Wildman–Crippen LogP) is 2.66. The number of hydrogen-bond acceptors (Lipinski definition) is 4. The van der Waals surface area contributed by atoms with E-state index in [0.717, 1.165) is 18.8 Å². The van der Waals surface area contributed by atoms with Crippen LogP contribution in [0.25, 0.3) is 0 Å². The van der Waals surface area contributed by atoms with Crippen molar-refractivity contribution >= 4 is 29.3 Å². The molecular formula is C13H17Cl2N3O2. The van der Waals surface area contributed by atoms with Crippen LogP contribution in [-0.2, 0) is 11.3 Å². The smallest absolute Gasteiger partial charge is 0.409 e. The van der Waals surface area contributed by atoms with Gasteiger partial charge >= 0.3 is 6.09 Å². The highest BCUT2D eigenvalue weighted by atomic mass is 35.5. The number of halogens is 2. The first-order valence-corrected chi connectivity index (χ1v) is 7.29. The van der Waals surface area contributed by atoms with Gasteiger partial charge in [0.2, 0.25) is 0 Å². The fourth-order valence-corrected chi connectivity index (χ4v) is 2.51. The second-order valence-corrected chi connectivity index (χ2v) is 5.39. The summed E-state index contributed by atoms with van der Waals surface area (Å²) in [6.45, 7) is 5.74. The Balaban J connectivity index is 1.86. The number of carbonyl (C=O) groups excluding carboxylic acids is 1. The molecule has 0 saturated carbocycles. The van der Waals surface area contributed by atoms with E-state index in [2.05, 4.69) is 9.88 Å². The van der Waals surface area contributed by atoms with Gasteiger partial charge in [0.15, 0.2) is 0 Å². The maximum atomic E-state index is 11.6. The molecule has 1 aromatic heterocycles. The maximum absolute atomic E-state index is 11.6. The lowest BCUT2D eigenvalue weighted by Gasteiger charge is -2.33. The maximum Gasteiger partial charge on any atom is 0.409 e. The molecule has 0 atom stereocenters. The fraction of sp³-hybridized carbons (Fsp3) is 0.538. The summed E-state index contributed by atoms with van der Waals surface area (Å²) in [7, 11) is 0. The van der Waals surface area contributed by atoms with Crippen LogP contribution < -0.4 is 0 Å². The third kappa shape index (κ3) is 3.98. The van der Waals surface area contributed by atoms with Gasteiger partial charge in [-0.2, -0.15) is 0 Å². The molecule has 0 aromatic carbocycles. The van der Waals surface area contributed by atoms with Crippen molar-refractivity contribution in [3.05, 3.63) is 28.0 Å². The average molecular weight is 318 g/mol. The Labute approximate surface area is 128 Å². The van der Waals surface area contributed by atoms with Crippen molar-refractivity contribution in [2.75, 3.05) is 32.8 Å². The third-order valence-corrected chi connectivity index (χ3v) is 3.69. The van der Waals surface area contributed by atoms with Gasteiger partial charge < -0.3 is 9.64 Å². The Morgan fingerprint density at radius 1 is 1.35 bits per heavy atom. The van der Waals surface area contributed by atoms with E-state index in [0.29, 0.717) is 36.3 Å². The predicted molar refractivity (Wildman–Crippen MR) is 78.1 cm³/mol. The third-order valence-electron chi connectivity index (χ3n) is 3.16. The topological polar surface area (TPSA) is 45.7 Å². The molecule has 110 valence electrons. The van der Waals surface area contributed by atoms with E-state index in [1.165, 1.54) is 0 Å². The molecule has 1 aliphatic rings. The number of ether oxygens (including phenoxy) is 1. The molecule has 0 N–H and O–H groups in total. The molecular weight excluding hydrogens is 301 g/mol. The molecule has 1 aromatic rings. The number of piperazine rings is 1. The standard InChI is InChI=1S/C13H17Cl2N3O2/c1-2-20-13(19)18-5-3-17(4-6-18)9-12-11(15)7-10(14)8-16-12/h7-8H,2-6,9H2,1H3. The minimum Gasteiger partial charge on any atom is -0.450 e. The molecule has 5 nitrogen and oxygen atoms in total. The monoisotopic (exact) mass is 317 g/mol. The van der Waals surface area contributed by atoms with Gasteiger partial charge in [-0.05, 0) is 13.0 Å². The summed E-state index contributed by atoms with van der Waals surface area (Å²) in [6, 6.07) is 1.69. The van der Waals surface area contributed by atoms with Crippen LogP contribution in [0.2, 0.25) is 10.0 Å². The van der Waals surface area contributed by atoms with Gasteiger partial charge in [0.1, 0.15) is 0 Å². The van der Waals surface area contributed by atoms with Gasteiger partial charge in [-0.25, -0.2) is 4.79 Å². The second kappa shape index (κ2) is 7.11. The number of carbonyl (C=O) groups is 1. The highest BCUT2D eigenvalue weighted by molar-refractivity contribution is 6.34. The molecule has 1 amide bonds. The fourth-order valence-electron chi connectivity index (χ4n) is 2.07. The molecule has 1 fully saturated rings. The van der Waals surface area contributed by atoms with Crippen LogP contribution >= 0.6 is 23.2 Å². The molecule has 7 heteroatoms. The number of pyridine rings is 1. The first-order valence-electron chi connectivity index (χ1n) is 6.54. The number of rotatable bonds is 3. The van der Waals surface area contributed by atoms with E-state index in [1.54, 1.807) is 17.2 Å². The molecule has 20 heavy (non-hydrogen) atoms. The normalized spacial score (nSPS) is 16.2. The Kier molecular flexibility index (Phi) is 5.46. The Morgan fingerprint density at radius 3 is 2.65 bits per heavy atom. The van der Waals surface area contributed by atoms with E-state index in [-0.39, 0.29) is 6.09 Å². The van der Waals surface area contributed by atoms with Crippen LogP contribution in [0.15, 0.2) is 12.3 Å². The summed E-state index contributed by atoms with van der Waals surface area (Å²) >= 11 is 11.9. The van der Waals surface area contributed by atoms with Crippen molar-refractivity contribution in [1.29, 1.82) is 0 Å². The zero-order chi connectivity index (χ0) is 14.5. The quantitative estimate of drug-likeness (QED) is 0.859. The van der Waals surface area contributed by atoms with E-state index < -0.39 is 0 Å². The SMILES string of the molecule is CCOC(=O)N1CCN(Cc2ncc(Cl)cc2Cl)CC1. The van der Waals surface area contributed by atoms with E-state index >= 15 is 0 Å². The number of aromatic nitrogens is 1. The largest absolute Gasteiger partial charge is 0.450 e. The van der Waals surface area contributed by atoms with Crippen molar-refractivity contribution in [2.24, 2.45) is 0 Å². The van der Waals surface area contributed by atoms with Gasteiger partial charge in [-0.3, -0.25) is 9.88 Å². The molecule has 1 saturated heterocycles. The van der Waals surface area contributed by atoms with Crippen molar-refractivity contribution in [2.45, 2.75) is 13.5 Å². The summed E-state index contributed by atoms with van der Waals surface area (Å²) in [5.74, 6) is 0. The van der Waals surface area contributed by atoms with Crippen LogP contribution in [0.1, 0.15) is 12.6 Å². The van der Waals surface area contributed by atoms with Gasteiger partial charge in [0.05, 0.1) is 22.3 Å². The first-order chi connectivity index (χ1) is 9.60. The summed E-state index contributed by atoms with van der Waals surface area (Å²) in [5, 5.41) is 1.11. The summed E-state index contributed by atoms with van der Waals surface area (Å²) in [6.07, 6.45) is 1.35. The zero-order valence-corrected chi connectivity index (χ0v) is 12.8. The van der Waals surface area contributed by atoms with Crippen LogP contribution in [-0.4, -0.2) is 53.7 Å². The van der Waals surface area contributed by atoms with Gasteiger partial charge in [-0.1, -0.05) is 23.2 Å². The minimum absolute atomic E-state index is 0.241. The zero-order valence-electron chi connectivity index (χ0n) is 11.3. The Hall–Kier alpha value is -1.04. The Morgan fingerprint density at radius 2 is 2.05 bits per heavy atom. The molecule has 0 unspecified atom stereocenters. The van der Waals surface area contributed by atoms with Crippen LogP contribution in [0.3, 0.4) is 0 Å². The highest BCUT2D eigenvalue weighted by Crippen LogP contribution is 2.20. The number of hydrogen-bond donors (Lipinski definition) is 0. The second-order valence-electron chi connectivity index (χ2n) is 4.54. The summed E-state index contributed by atoms with van der Waals surface area (Å²) in [5.41, 5.74) is 0.806. The van der Waals surface area contributed by atoms with Crippen LogP contribution in [0.5, 0.6) is 0 Å². The first kappa shape index (κ1) is 15.4. The average Bonchev–Trinajstić information content (AvgIpc) is 2.43. The molecule has 0 radical (unpaired) electrons. The minimum atomic E-state index is -0.241. The highest BCUT2D eigenvalue weighted by Gasteiger charge is 2.22. The van der Waals surface area contributed by atoms with Crippen molar-refractivity contribution in [3.63, 3.8) is 0 Å². The van der Waals surface area contributed by atoms with Gasteiger partial charge in [-0.15, -0.1) is 0 Å². The number of nitrogens with zero attached hydrogens (tertiary/aromatic N) is 3. The molecule has 0 bridgehead atoms. The van der Waals surface area contributed by atoms with E-state index in [4.69, 9.17) is 27.9 Å². The number of amides is 1. The van der Waals surface area contributed by atoms with Gasteiger partial charge in [0, 0.05) is 38.9 Å². The van der Waals surface area contributed by atoms with Crippen LogP contribution in [0, 0.1) is 0 Å². The molecule has 2 rings (SSSR count). The van der Waals surface area contributed by atoms with Gasteiger partial charge in [0.25, 0.3) is 0 Å². The van der Waals surface area contributed by atoms with E-state index in [9.17, 15) is 4.79 Å². The van der Waals surface area contributed by atoms with E-state index in [1.807, 2.05) is 6.92 Å². The molecule has 1 aliphatic heterocycles. The lowest BCUT2D eigenvalue weighted by Crippen LogP contribution is -2.48. The Bertz CT molecular complexity index is 477. The van der Waals surface area contributed by atoms with Crippen LogP contribution in [0.4, 0.5) is 4.79 Å². The molecule has 2 heterocycles. The van der Waals surface area contributed by atoms with Crippen molar-refractivity contribution in [1.82, 2.24) is 14.8 Å². The lowest BCUT2D eigenvalue weighted by atomic mass is 10.3. The van der Waals surface area contributed by atoms with Crippen molar-refractivity contribution < 1.29 is 9.53 Å². The lowest BCUT2D eigenvalue weighted by molar-refractivity contribution is 0.0775. The molecule has 0 aliphatic carbocycles. The summed E-state index contributed by atoms with van der Waals surface area (Å²) in [4.78, 5) is 19.8. The molecule has 0 spiro atoms. The summed E-state index contributed by atoms with van der Waals surface area (Å²) < 4.78 is 4.99. The van der Waals surface area contributed by atoms with Crippen molar-refractivity contribution in [3.8, 4) is 0 Å².